The smallest absolute Gasteiger partial charge is 0.492 e. The molecule has 0 radical (unpaired) electrons. The van der Waals surface area contributed by atoms with Gasteiger partial charge in [-0.05, 0) is 19.9 Å². The fourth-order valence-corrected chi connectivity index (χ4v) is 1.47. The Morgan fingerprint density at radius 3 is 2.12 bits per heavy atom. The van der Waals surface area contributed by atoms with Gasteiger partial charge in [0.2, 0.25) is 5.75 Å². The molecule has 0 aliphatic rings. The summed E-state index contributed by atoms with van der Waals surface area (Å²) >= 11 is 0. The summed E-state index contributed by atoms with van der Waals surface area (Å²) in [5, 5.41) is 18.6. The Labute approximate surface area is 101 Å². The molecule has 0 saturated carbocycles. The summed E-state index contributed by atoms with van der Waals surface area (Å²) in [7, 11) is 1.36. The first kappa shape index (κ1) is 13.7. The molecule has 5 nitrogen and oxygen atoms in total. The molecule has 0 saturated heterocycles. The molecule has 0 spiro atoms. The van der Waals surface area contributed by atoms with Crippen LogP contribution in [0.1, 0.15) is 13.8 Å². The molecule has 17 heavy (non-hydrogen) atoms. The van der Waals surface area contributed by atoms with Crippen molar-refractivity contribution < 1.29 is 24.3 Å². The van der Waals surface area contributed by atoms with Gasteiger partial charge in [-0.15, -0.1) is 0 Å². The fourth-order valence-electron chi connectivity index (χ4n) is 1.47. The number of benzene rings is 1. The van der Waals surface area contributed by atoms with Gasteiger partial charge in [-0.1, -0.05) is 6.07 Å². The van der Waals surface area contributed by atoms with Crippen LogP contribution in [0.4, 0.5) is 0 Å². The molecule has 0 aliphatic carbocycles. The number of hydrogen-bond acceptors (Lipinski definition) is 5. The summed E-state index contributed by atoms with van der Waals surface area (Å²) in [6, 6.07) is 3.13. The molecule has 0 aromatic heterocycles. The molecule has 0 atom stereocenters. The maximum Gasteiger partial charge on any atom is 0.492 e. The van der Waals surface area contributed by atoms with E-state index in [4.69, 9.17) is 14.2 Å². The van der Waals surface area contributed by atoms with Crippen LogP contribution in [0, 0.1) is 0 Å². The lowest BCUT2D eigenvalue weighted by Crippen LogP contribution is -2.32. The minimum atomic E-state index is -1.62. The Morgan fingerprint density at radius 1 is 1.06 bits per heavy atom. The van der Waals surface area contributed by atoms with Gasteiger partial charge in [-0.25, -0.2) is 0 Å². The molecular weight excluding hydrogens is 223 g/mol. The zero-order valence-electron chi connectivity index (χ0n) is 10.4. The van der Waals surface area contributed by atoms with Gasteiger partial charge in [-0.2, -0.15) is 0 Å². The first-order valence-corrected chi connectivity index (χ1v) is 5.29. The molecule has 1 rings (SSSR count). The van der Waals surface area contributed by atoms with E-state index >= 15 is 0 Å². The molecule has 0 aliphatic heterocycles. The molecule has 0 bridgehead atoms. The van der Waals surface area contributed by atoms with Crippen molar-refractivity contribution in [3.8, 4) is 17.2 Å². The highest BCUT2D eigenvalue weighted by Crippen LogP contribution is 2.36. The number of hydrogen-bond donors (Lipinski definition) is 2. The van der Waals surface area contributed by atoms with Gasteiger partial charge >= 0.3 is 7.12 Å². The number of ether oxygens (including phenoxy) is 3. The molecule has 94 valence electrons. The predicted octanol–water partition coefficient (Wildman–Crippen LogP) is 0.171. The average molecular weight is 240 g/mol. The minimum Gasteiger partial charge on any atom is -0.493 e. The number of methoxy groups -OCH3 is 2. The van der Waals surface area contributed by atoms with E-state index in [0.29, 0.717) is 11.5 Å². The second-order valence-corrected chi connectivity index (χ2v) is 3.76. The maximum atomic E-state index is 9.28. The molecule has 0 heterocycles. The third-order valence-corrected chi connectivity index (χ3v) is 2.16. The van der Waals surface area contributed by atoms with Gasteiger partial charge < -0.3 is 24.3 Å². The van der Waals surface area contributed by atoms with Crippen LogP contribution in [0.2, 0.25) is 0 Å². The molecule has 0 fully saturated rings. The highest BCUT2D eigenvalue weighted by Gasteiger charge is 2.24. The lowest BCUT2D eigenvalue weighted by Gasteiger charge is -2.19. The summed E-state index contributed by atoms with van der Waals surface area (Å²) in [6.45, 7) is 3.68. The van der Waals surface area contributed by atoms with E-state index < -0.39 is 7.12 Å². The van der Waals surface area contributed by atoms with Gasteiger partial charge in [0.1, 0.15) is 0 Å². The fraction of sp³-hybridized carbons (Fsp3) is 0.455. The van der Waals surface area contributed by atoms with E-state index in [1.165, 1.54) is 20.3 Å². The minimum absolute atomic E-state index is 0.117. The quantitative estimate of drug-likeness (QED) is 0.718. The van der Waals surface area contributed by atoms with Crippen molar-refractivity contribution in [3.05, 3.63) is 12.1 Å². The topological polar surface area (TPSA) is 68.2 Å². The molecule has 0 amide bonds. The van der Waals surface area contributed by atoms with Crippen LogP contribution in [0.5, 0.6) is 17.2 Å². The van der Waals surface area contributed by atoms with E-state index in [2.05, 4.69) is 0 Å². The van der Waals surface area contributed by atoms with Crippen molar-refractivity contribution in [2.24, 2.45) is 0 Å². The summed E-state index contributed by atoms with van der Waals surface area (Å²) < 4.78 is 15.9. The standard InChI is InChI=1S/C11H17BO5/c1-7(2)17-10-8(12(13)14)5-6-9(15-3)11(10)16-4/h5-7,13-14H,1-4H3. The molecule has 0 unspecified atom stereocenters. The van der Waals surface area contributed by atoms with Crippen molar-refractivity contribution in [1.82, 2.24) is 0 Å². The zero-order valence-corrected chi connectivity index (χ0v) is 10.4. The van der Waals surface area contributed by atoms with Crippen molar-refractivity contribution in [2.75, 3.05) is 14.2 Å². The summed E-state index contributed by atoms with van der Waals surface area (Å²) in [6.07, 6.45) is -0.117. The monoisotopic (exact) mass is 240 g/mol. The van der Waals surface area contributed by atoms with Crippen LogP contribution in [-0.2, 0) is 0 Å². The Balaban J connectivity index is 3.33. The van der Waals surface area contributed by atoms with E-state index in [1.807, 2.05) is 13.8 Å². The Bertz CT molecular complexity index is 378. The number of rotatable bonds is 5. The molecule has 2 N–H and O–H groups in total. The second-order valence-electron chi connectivity index (χ2n) is 3.76. The molecule has 1 aromatic carbocycles. The molecule has 1 aromatic rings. The Hall–Kier alpha value is -1.40. The van der Waals surface area contributed by atoms with Crippen LogP contribution in [0.25, 0.3) is 0 Å². The molecule has 6 heteroatoms. The van der Waals surface area contributed by atoms with Gasteiger partial charge in [-0.3, -0.25) is 0 Å². The normalized spacial score (nSPS) is 10.3. The maximum absolute atomic E-state index is 9.28. The average Bonchev–Trinajstić information content (AvgIpc) is 2.27. The largest absolute Gasteiger partial charge is 0.493 e. The first-order valence-electron chi connectivity index (χ1n) is 5.29. The van der Waals surface area contributed by atoms with Crippen LogP contribution < -0.4 is 19.7 Å². The Morgan fingerprint density at radius 2 is 1.71 bits per heavy atom. The highest BCUT2D eigenvalue weighted by molar-refractivity contribution is 6.59. The van der Waals surface area contributed by atoms with Gasteiger partial charge in [0.05, 0.1) is 20.3 Å². The third kappa shape index (κ3) is 3.05. The van der Waals surface area contributed by atoms with Crippen molar-refractivity contribution in [1.29, 1.82) is 0 Å². The van der Waals surface area contributed by atoms with E-state index in [1.54, 1.807) is 6.07 Å². The zero-order chi connectivity index (χ0) is 13.0. The lowest BCUT2D eigenvalue weighted by atomic mass is 9.79. The molecular formula is C11H17BO5. The van der Waals surface area contributed by atoms with E-state index in [-0.39, 0.29) is 17.3 Å². The van der Waals surface area contributed by atoms with Crippen LogP contribution >= 0.6 is 0 Å². The Kier molecular flexibility index (Phi) is 4.66. The lowest BCUT2D eigenvalue weighted by molar-refractivity contribution is 0.227. The predicted molar refractivity (Wildman–Crippen MR) is 65.1 cm³/mol. The summed E-state index contributed by atoms with van der Waals surface area (Å²) in [5.74, 6) is 1.12. The van der Waals surface area contributed by atoms with Gasteiger partial charge in [0, 0.05) is 5.46 Å². The first-order chi connectivity index (χ1) is 8.01. The second kappa shape index (κ2) is 5.79. The summed E-state index contributed by atoms with van der Waals surface area (Å²) in [5.41, 5.74) is 0.247. The van der Waals surface area contributed by atoms with Crippen molar-refractivity contribution >= 4 is 12.6 Å². The van der Waals surface area contributed by atoms with Crippen LogP contribution in [0.3, 0.4) is 0 Å². The van der Waals surface area contributed by atoms with Crippen molar-refractivity contribution in [2.45, 2.75) is 20.0 Å². The van der Waals surface area contributed by atoms with Crippen LogP contribution in [-0.4, -0.2) is 37.5 Å². The SMILES string of the molecule is COc1ccc(B(O)O)c(OC(C)C)c1OC. The third-order valence-electron chi connectivity index (χ3n) is 2.16. The summed E-state index contributed by atoms with van der Waals surface area (Å²) in [4.78, 5) is 0. The van der Waals surface area contributed by atoms with E-state index in [0.717, 1.165) is 0 Å². The van der Waals surface area contributed by atoms with E-state index in [9.17, 15) is 10.0 Å². The van der Waals surface area contributed by atoms with Crippen LogP contribution in [0.15, 0.2) is 12.1 Å². The highest BCUT2D eigenvalue weighted by atomic mass is 16.5. The van der Waals surface area contributed by atoms with Gasteiger partial charge in [0.25, 0.3) is 0 Å². The van der Waals surface area contributed by atoms with Gasteiger partial charge in [0.15, 0.2) is 11.5 Å². The van der Waals surface area contributed by atoms with Crippen molar-refractivity contribution in [3.63, 3.8) is 0 Å².